The van der Waals surface area contributed by atoms with Crippen LogP contribution in [-0.4, -0.2) is 30.4 Å². The van der Waals surface area contributed by atoms with Crippen molar-refractivity contribution in [3.63, 3.8) is 0 Å². The molecule has 0 saturated heterocycles. The zero-order valence-corrected chi connectivity index (χ0v) is 16.4. The molecule has 3 rings (SSSR count). The quantitative estimate of drug-likeness (QED) is 0.738. The van der Waals surface area contributed by atoms with Crippen molar-refractivity contribution in [3.8, 4) is 0 Å². The maximum absolute atomic E-state index is 12.1. The van der Waals surface area contributed by atoms with E-state index in [0.717, 1.165) is 38.0 Å². The lowest BCUT2D eigenvalue weighted by atomic mass is 10.00. The molecule has 26 heavy (non-hydrogen) atoms. The molecule has 4 nitrogen and oxygen atoms in total. The lowest BCUT2D eigenvalue weighted by molar-refractivity contribution is -0.122. The zero-order chi connectivity index (χ0) is 16.8. The van der Waals surface area contributed by atoms with E-state index in [1.807, 2.05) is 30.3 Å². The predicted molar refractivity (Wildman–Crippen MR) is 111 cm³/mol. The van der Waals surface area contributed by atoms with Crippen molar-refractivity contribution in [1.82, 2.24) is 10.2 Å². The summed E-state index contributed by atoms with van der Waals surface area (Å²) in [6.07, 6.45) is 2.05. The normalized spacial score (nSPS) is 14.3. The molecule has 2 aromatic rings. The lowest BCUT2D eigenvalue weighted by Gasteiger charge is -2.28. The van der Waals surface area contributed by atoms with Gasteiger partial charge in [-0.3, -0.25) is 9.69 Å². The third-order valence-corrected chi connectivity index (χ3v) is 4.60. The van der Waals surface area contributed by atoms with E-state index in [4.69, 9.17) is 5.73 Å². The number of benzene rings is 2. The van der Waals surface area contributed by atoms with Crippen LogP contribution in [0.4, 0.5) is 0 Å². The first-order valence-electron chi connectivity index (χ1n) is 8.61. The second-order valence-corrected chi connectivity index (χ2v) is 6.33. The molecule has 0 aromatic heterocycles. The summed E-state index contributed by atoms with van der Waals surface area (Å²) < 4.78 is 0. The maximum atomic E-state index is 12.1. The highest BCUT2D eigenvalue weighted by molar-refractivity contribution is 5.85. The third kappa shape index (κ3) is 5.99. The minimum atomic E-state index is -0.590. The van der Waals surface area contributed by atoms with Crippen molar-refractivity contribution in [3.05, 3.63) is 71.3 Å². The highest BCUT2D eigenvalue weighted by Crippen LogP contribution is 2.18. The van der Waals surface area contributed by atoms with Crippen LogP contribution in [-0.2, 0) is 17.8 Å². The van der Waals surface area contributed by atoms with E-state index in [1.54, 1.807) is 0 Å². The predicted octanol–water partition coefficient (Wildman–Crippen LogP) is 3.09. The first-order chi connectivity index (χ1) is 11.7. The molecular weight excluding hydrogens is 369 g/mol. The number of hydrogen-bond donors (Lipinski definition) is 2. The number of rotatable bonds is 6. The summed E-state index contributed by atoms with van der Waals surface area (Å²) in [6.45, 7) is 3.76. The van der Waals surface area contributed by atoms with Gasteiger partial charge in [0, 0.05) is 26.2 Å². The highest BCUT2D eigenvalue weighted by atomic mass is 35.5. The highest BCUT2D eigenvalue weighted by Gasteiger charge is 2.16. The van der Waals surface area contributed by atoms with Crippen LogP contribution in [0.15, 0.2) is 54.6 Å². The van der Waals surface area contributed by atoms with E-state index in [2.05, 4.69) is 34.5 Å². The fourth-order valence-corrected chi connectivity index (χ4v) is 3.18. The van der Waals surface area contributed by atoms with Gasteiger partial charge in [-0.25, -0.2) is 0 Å². The summed E-state index contributed by atoms with van der Waals surface area (Å²) >= 11 is 0. The molecule has 0 aliphatic carbocycles. The molecule has 1 heterocycles. The smallest absolute Gasteiger partial charge is 0.241 e. The Balaban J connectivity index is 0.00000169. The van der Waals surface area contributed by atoms with Crippen LogP contribution in [0.5, 0.6) is 0 Å². The number of nitrogens with two attached hydrogens (primary N) is 1. The van der Waals surface area contributed by atoms with Crippen molar-refractivity contribution < 1.29 is 4.79 Å². The van der Waals surface area contributed by atoms with Gasteiger partial charge in [0.05, 0.1) is 0 Å². The monoisotopic (exact) mass is 395 g/mol. The van der Waals surface area contributed by atoms with Gasteiger partial charge in [0.15, 0.2) is 0 Å². The molecule has 1 atom stereocenters. The van der Waals surface area contributed by atoms with Crippen molar-refractivity contribution in [2.45, 2.75) is 25.4 Å². The topological polar surface area (TPSA) is 58.4 Å². The van der Waals surface area contributed by atoms with Gasteiger partial charge in [-0.15, -0.1) is 24.8 Å². The Labute approximate surface area is 168 Å². The second-order valence-electron chi connectivity index (χ2n) is 6.33. The number of nitrogens with zero attached hydrogens (tertiary/aromatic N) is 1. The first-order valence-corrected chi connectivity index (χ1v) is 8.61. The summed E-state index contributed by atoms with van der Waals surface area (Å²) in [4.78, 5) is 14.6. The summed E-state index contributed by atoms with van der Waals surface area (Å²) in [6, 6.07) is 17.5. The van der Waals surface area contributed by atoms with Crippen LogP contribution in [0.3, 0.4) is 0 Å². The van der Waals surface area contributed by atoms with Crippen molar-refractivity contribution in [2.75, 3.05) is 19.6 Å². The Morgan fingerprint density at radius 2 is 1.69 bits per heavy atom. The van der Waals surface area contributed by atoms with Crippen LogP contribution in [0, 0.1) is 0 Å². The van der Waals surface area contributed by atoms with Gasteiger partial charge in [-0.1, -0.05) is 54.6 Å². The van der Waals surface area contributed by atoms with Crippen LogP contribution < -0.4 is 11.1 Å². The van der Waals surface area contributed by atoms with E-state index in [9.17, 15) is 4.79 Å². The molecule has 0 spiro atoms. The number of carbonyl (C=O) groups excluding carboxylic acids is 1. The van der Waals surface area contributed by atoms with E-state index in [-0.39, 0.29) is 30.7 Å². The molecule has 142 valence electrons. The minimum Gasteiger partial charge on any atom is -0.354 e. The molecule has 0 bridgehead atoms. The van der Waals surface area contributed by atoms with Gasteiger partial charge in [0.1, 0.15) is 6.04 Å². The van der Waals surface area contributed by atoms with Crippen LogP contribution in [0.25, 0.3) is 0 Å². The molecule has 0 saturated carbocycles. The van der Waals surface area contributed by atoms with Crippen molar-refractivity contribution in [1.29, 1.82) is 0 Å². The van der Waals surface area contributed by atoms with E-state index < -0.39 is 6.04 Å². The molecule has 1 aliphatic heterocycles. The van der Waals surface area contributed by atoms with Crippen LogP contribution >= 0.6 is 24.8 Å². The Morgan fingerprint density at radius 3 is 2.42 bits per heavy atom. The van der Waals surface area contributed by atoms with Gasteiger partial charge in [-0.05, 0) is 29.5 Å². The molecule has 1 aliphatic rings. The molecule has 1 unspecified atom stereocenters. The van der Waals surface area contributed by atoms with E-state index in [1.165, 1.54) is 11.1 Å². The number of carbonyl (C=O) groups is 1. The minimum absolute atomic E-state index is 0. The maximum Gasteiger partial charge on any atom is 0.241 e. The van der Waals surface area contributed by atoms with Crippen LogP contribution in [0.2, 0.25) is 0 Å². The Hall–Kier alpha value is -1.59. The molecule has 3 N–H and O–H groups in total. The Morgan fingerprint density at radius 1 is 1.04 bits per heavy atom. The first kappa shape index (κ1) is 22.5. The fourth-order valence-electron chi connectivity index (χ4n) is 3.18. The fraction of sp³-hybridized carbons (Fsp3) is 0.350. The van der Waals surface area contributed by atoms with E-state index >= 15 is 0 Å². The van der Waals surface area contributed by atoms with Gasteiger partial charge >= 0.3 is 0 Å². The number of amides is 1. The average Bonchev–Trinajstić information content (AvgIpc) is 2.65. The Bertz CT molecular complexity index is 682. The number of halogens is 2. The Kier molecular flexibility index (Phi) is 9.66. The number of fused-ring (bicyclic) bond motifs is 1. The summed E-state index contributed by atoms with van der Waals surface area (Å²) in [5, 5.41) is 2.95. The summed E-state index contributed by atoms with van der Waals surface area (Å²) in [7, 11) is 0. The third-order valence-electron chi connectivity index (χ3n) is 4.60. The molecule has 0 fully saturated rings. The van der Waals surface area contributed by atoms with Gasteiger partial charge in [0.25, 0.3) is 0 Å². The number of hydrogen-bond acceptors (Lipinski definition) is 3. The molecule has 2 aromatic carbocycles. The van der Waals surface area contributed by atoms with Gasteiger partial charge in [-0.2, -0.15) is 0 Å². The molecular formula is C20H27Cl2N3O. The second kappa shape index (κ2) is 11.2. The van der Waals surface area contributed by atoms with Gasteiger partial charge < -0.3 is 11.1 Å². The van der Waals surface area contributed by atoms with Crippen molar-refractivity contribution in [2.24, 2.45) is 5.73 Å². The van der Waals surface area contributed by atoms with Crippen molar-refractivity contribution >= 4 is 30.7 Å². The zero-order valence-electron chi connectivity index (χ0n) is 14.8. The summed E-state index contributed by atoms with van der Waals surface area (Å²) in [5.74, 6) is -0.106. The molecule has 0 radical (unpaired) electrons. The average molecular weight is 396 g/mol. The molecule has 1 amide bonds. The van der Waals surface area contributed by atoms with Gasteiger partial charge in [0.2, 0.25) is 5.91 Å². The molecule has 6 heteroatoms. The number of nitrogens with one attached hydrogen (secondary N) is 1. The largest absolute Gasteiger partial charge is 0.354 e. The SMILES string of the molecule is Cl.Cl.NC(C(=O)NCCCN1CCc2ccccc2C1)c1ccccc1. The lowest BCUT2D eigenvalue weighted by Crippen LogP contribution is -2.37. The standard InChI is InChI=1S/C20H25N3O.2ClH/c21-19(17-8-2-1-3-9-17)20(24)22-12-6-13-23-14-11-16-7-4-5-10-18(16)15-23;;/h1-5,7-10,19H,6,11-15,21H2,(H,22,24);2*1H. The summed E-state index contributed by atoms with van der Waals surface area (Å²) in [5.41, 5.74) is 9.74. The van der Waals surface area contributed by atoms with Crippen LogP contribution in [0.1, 0.15) is 29.2 Å². The van der Waals surface area contributed by atoms with E-state index in [0.29, 0.717) is 6.54 Å².